The highest BCUT2D eigenvalue weighted by atomic mass is 16.3. The molecule has 27 heavy (non-hydrogen) atoms. The van der Waals surface area contributed by atoms with Crippen LogP contribution in [-0.2, 0) is 0 Å². The van der Waals surface area contributed by atoms with E-state index in [1.807, 2.05) is 20.9 Å². The number of rotatable bonds is 1. The van der Waals surface area contributed by atoms with Crippen LogP contribution in [0, 0.1) is 41.9 Å². The highest BCUT2D eigenvalue weighted by Gasteiger charge is 2.69. The maximum atomic E-state index is 11.0. The molecule has 0 aliphatic heterocycles. The first-order chi connectivity index (χ1) is 12.7. The first kappa shape index (κ1) is 18.4. The molecule has 2 bridgehead atoms. The number of aryl methyl sites for hydroxylation is 1. The Bertz CT molecular complexity index is 832. The van der Waals surface area contributed by atoms with E-state index < -0.39 is 5.60 Å². The molecule has 5 aliphatic carbocycles. The highest BCUT2D eigenvalue weighted by molar-refractivity contribution is 5.44. The largest absolute Gasteiger partial charge is 0.512 e. The Kier molecular flexibility index (Phi) is 4.08. The smallest absolute Gasteiger partial charge is 0.0984 e. The van der Waals surface area contributed by atoms with Crippen LogP contribution in [0.2, 0.25) is 0 Å². The van der Waals surface area contributed by atoms with E-state index in [1.54, 1.807) is 0 Å². The highest BCUT2D eigenvalue weighted by Crippen LogP contribution is 2.70. The van der Waals surface area contributed by atoms with Crippen molar-refractivity contribution in [1.29, 1.82) is 0 Å². The van der Waals surface area contributed by atoms with Gasteiger partial charge in [0.1, 0.15) is 0 Å². The maximum absolute atomic E-state index is 11.0. The molecule has 1 fully saturated rings. The van der Waals surface area contributed by atoms with Crippen molar-refractivity contribution in [2.45, 2.75) is 33.3 Å². The summed E-state index contributed by atoms with van der Waals surface area (Å²) in [6.45, 7) is 8.01. The molecule has 0 spiro atoms. The second-order valence-electron chi connectivity index (χ2n) is 8.99. The van der Waals surface area contributed by atoms with Gasteiger partial charge in [-0.15, -0.1) is 0 Å². The van der Waals surface area contributed by atoms with Crippen molar-refractivity contribution in [3.63, 3.8) is 0 Å². The van der Waals surface area contributed by atoms with Crippen molar-refractivity contribution in [2.75, 3.05) is 12.4 Å². The van der Waals surface area contributed by atoms with Crippen LogP contribution in [0.3, 0.4) is 0 Å². The summed E-state index contributed by atoms with van der Waals surface area (Å²) in [6, 6.07) is 8.31. The lowest BCUT2D eigenvalue weighted by molar-refractivity contribution is -0.131. The fourth-order valence-electron chi connectivity index (χ4n) is 5.86. The molecule has 0 amide bonds. The van der Waals surface area contributed by atoms with Gasteiger partial charge in [-0.25, -0.2) is 0 Å². The van der Waals surface area contributed by atoms with Gasteiger partial charge in [-0.2, -0.15) is 0 Å². The van der Waals surface area contributed by atoms with Gasteiger partial charge in [-0.1, -0.05) is 48.9 Å². The van der Waals surface area contributed by atoms with Crippen LogP contribution >= 0.6 is 0 Å². The van der Waals surface area contributed by atoms with Crippen LogP contribution < -0.4 is 5.32 Å². The van der Waals surface area contributed by atoms with Crippen molar-refractivity contribution in [2.24, 2.45) is 35.0 Å². The molecule has 3 nitrogen and oxygen atoms in total. The third-order valence-corrected chi connectivity index (χ3v) is 7.92. The second kappa shape index (κ2) is 6.00. The Morgan fingerprint density at radius 2 is 1.48 bits per heavy atom. The SMILES string of the molecule is CC1=C(O)[C@H]2[C@@H]3C=C[C@@H]([C@H]4C=CC34)[C@@]2(C)C1(C)O.CNc1ccc(C)cc1. The number of benzene rings is 1. The first-order valence-corrected chi connectivity index (χ1v) is 9.97. The average Bonchev–Trinajstić information content (AvgIpc) is 2.75. The van der Waals surface area contributed by atoms with E-state index >= 15 is 0 Å². The summed E-state index contributed by atoms with van der Waals surface area (Å²) in [4.78, 5) is 0. The molecule has 1 aromatic rings. The summed E-state index contributed by atoms with van der Waals surface area (Å²) < 4.78 is 0. The summed E-state index contributed by atoms with van der Waals surface area (Å²) in [5.74, 6) is 2.37. The molecule has 0 aromatic heterocycles. The zero-order valence-electron chi connectivity index (χ0n) is 16.9. The Morgan fingerprint density at radius 3 is 2.04 bits per heavy atom. The lowest BCUT2D eigenvalue weighted by Gasteiger charge is -2.61. The number of nitrogens with one attached hydrogen (secondary N) is 1. The minimum atomic E-state index is -0.899. The molecule has 5 aliphatic rings. The Balaban J connectivity index is 0.000000170. The minimum absolute atomic E-state index is 0.0914. The molecule has 7 atom stereocenters. The summed E-state index contributed by atoms with van der Waals surface area (Å²) in [5, 5.41) is 24.5. The number of hydrogen-bond acceptors (Lipinski definition) is 3. The second-order valence-corrected chi connectivity index (χ2v) is 8.99. The summed E-state index contributed by atoms with van der Waals surface area (Å²) >= 11 is 0. The van der Waals surface area contributed by atoms with E-state index in [4.69, 9.17) is 0 Å². The van der Waals surface area contributed by atoms with Crippen molar-refractivity contribution in [3.8, 4) is 0 Å². The molecule has 144 valence electrons. The van der Waals surface area contributed by atoms with Gasteiger partial charge in [0.15, 0.2) is 0 Å². The Labute approximate surface area is 162 Å². The Hall–Kier alpha value is -2.00. The topological polar surface area (TPSA) is 52.5 Å². The van der Waals surface area contributed by atoms with Crippen molar-refractivity contribution in [1.82, 2.24) is 0 Å². The molecule has 1 saturated carbocycles. The summed E-state index contributed by atoms with van der Waals surface area (Å²) in [6.07, 6.45) is 9.12. The third kappa shape index (κ3) is 2.30. The van der Waals surface area contributed by atoms with Crippen LogP contribution in [0.25, 0.3) is 0 Å². The van der Waals surface area contributed by atoms with Crippen LogP contribution in [-0.4, -0.2) is 22.9 Å². The van der Waals surface area contributed by atoms with Crippen molar-refractivity contribution in [3.05, 3.63) is 65.5 Å². The van der Waals surface area contributed by atoms with Gasteiger partial charge >= 0.3 is 0 Å². The molecule has 0 saturated heterocycles. The standard InChI is InChI=1S/C16H20O2.C8H11N/c1-8-14(17)13-11-6-7-12(10-5-4-9(10)11)15(13,2)16(8,3)18;1-7-3-5-8(9-2)6-4-7/h4-7,9-13,17-18H,1-3H3;3-6,9H,1-2H3/t9?,10-,11+,12-,13+,15+,16?;/m0./s1. The summed E-state index contributed by atoms with van der Waals surface area (Å²) in [7, 11) is 1.92. The molecule has 3 heteroatoms. The number of hydrogen-bond donors (Lipinski definition) is 3. The molecule has 3 N–H and O–H groups in total. The summed E-state index contributed by atoms with van der Waals surface area (Å²) in [5.41, 5.74) is 2.08. The number of aliphatic hydroxyl groups excluding tert-OH is 1. The maximum Gasteiger partial charge on any atom is 0.0984 e. The lowest BCUT2D eigenvalue weighted by atomic mass is 9.42. The fourth-order valence-corrected chi connectivity index (χ4v) is 5.86. The zero-order valence-corrected chi connectivity index (χ0v) is 16.9. The predicted molar refractivity (Wildman–Crippen MR) is 111 cm³/mol. The van der Waals surface area contributed by atoms with Gasteiger partial charge < -0.3 is 15.5 Å². The van der Waals surface area contributed by atoms with Gasteiger partial charge in [-0.05, 0) is 62.1 Å². The van der Waals surface area contributed by atoms with Crippen LogP contribution in [0.5, 0.6) is 0 Å². The first-order valence-electron chi connectivity index (χ1n) is 9.97. The molecular formula is C24H31NO2. The third-order valence-electron chi connectivity index (χ3n) is 7.92. The fraction of sp³-hybridized carbons (Fsp3) is 0.500. The number of aliphatic hydroxyl groups is 2. The average molecular weight is 366 g/mol. The molecule has 0 heterocycles. The van der Waals surface area contributed by atoms with E-state index in [0.29, 0.717) is 29.4 Å². The van der Waals surface area contributed by atoms with E-state index in [1.165, 1.54) is 11.3 Å². The Morgan fingerprint density at radius 1 is 0.889 bits per heavy atom. The number of anilines is 1. The van der Waals surface area contributed by atoms with E-state index in [-0.39, 0.29) is 11.3 Å². The van der Waals surface area contributed by atoms with E-state index in [0.717, 1.165) is 5.57 Å². The normalized spacial score (nSPS) is 42.8. The molecular weight excluding hydrogens is 334 g/mol. The van der Waals surface area contributed by atoms with Crippen LogP contribution in [0.15, 0.2) is 59.9 Å². The van der Waals surface area contributed by atoms with Gasteiger partial charge in [-0.3, -0.25) is 0 Å². The molecule has 1 aromatic carbocycles. The quantitative estimate of drug-likeness (QED) is 0.623. The van der Waals surface area contributed by atoms with E-state index in [2.05, 4.69) is 67.7 Å². The van der Waals surface area contributed by atoms with Gasteiger partial charge in [0.2, 0.25) is 0 Å². The lowest BCUT2D eigenvalue weighted by Crippen LogP contribution is -2.61. The molecule has 0 radical (unpaired) electrons. The predicted octanol–water partition coefficient (Wildman–Crippen LogP) is 4.86. The zero-order chi connectivity index (χ0) is 19.6. The van der Waals surface area contributed by atoms with Crippen LogP contribution in [0.1, 0.15) is 26.3 Å². The molecule has 6 rings (SSSR count). The van der Waals surface area contributed by atoms with Gasteiger partial charge in [0.25, 0.3) is 0 Å². The minimum Gasteiger partial charge on any atom is -0.512 e. The van der Waals surface area contributed by atoms with Crippen molar-refractivity contribution < 1.29 is 10.2 Å². The van der Waals surface area contributed by atoms with Crippen molar-refractivity contribution >= 4 is 5.69 Å². The molecule has 2 unspecified atom stereocenters. The van der Waals surface area contributed by atoms with E-state index in [9.17, 15) is 10.2 Å². The van der Waals surface area contributed by atoms with Gasteiger partial charge in [0, 0.05) is 24.1 Å². The van der Waals surface area contributed by atoms with Gasteiger partial charge in [0.05, 0.1) is 11.4 Å². The van der Waals surface area contributed by atoms with Crippen LogP contribution in [0.4, 0.5) is 5.69 Å². The number of allylic oxidation sites excluding steroid dienone is 5. The monoisotopic (exact) mass is 365 g/mol.